The summed E-state index contributed by atoms with van der Waals surface area (Å²) in [6.45, 7) is 4.06. The van der Waals surface area contributed by atoms with E-state index in [0.29, 0.717) is 17.3 Å². The first-order valence-electron chi connectivity index (χ1n) is 6.16. The standard InChI is InChI=1S/C12H20N4O/c1-4-9-10(13)11(15-14-9)12(17)16(3)7(2)8-5-6-8/h7-8H,4-6,13H2,1-3H3,(H,14,15). The molecule has 0 saturated heterocycles. The molecule has 1 unspecified atom stereocenters. The smallest absolute Gasteiger partial charge is 0.276 e. The maximum absolute atomic E-state index is 12.2. The van der Waals surface area contributed by atoms with Crippen LogP contribution in [0.3, 0.4) is 0 Å². The van der Waals surface area contributed by atoms with Crippen LogP contribution in [-0.2, 0) is 6.42 Å². The number of hydrogen-bond donors (Lipinski definition) is 2. The molecule has 1 heterocycles. The SMILES string of the molecule is CCc1[nH]nc(C(=O)N(C)C(C)C2CC2)c1N. The number of nitrogens with one attached hydrogen (secondary N) is 1. The molecule has 1 atom stereocenters. The molecule has 1 aromatic heterocycles. The van der Waals surface area contributed by atoms with Gasteiger partial charge in [-0.3, -0.25) is 9.89 Å². The second kappa shape index (κ2) is 4.39. The van der Waals surface area contributed by atoms with Crippen LogP contribution >= 0.6 is 0 Å². The summed E-state index contributed by atoms with van der Waals surface area (Å²) < 4.78 is 0. The largest absolute Gasteiger partial charge is 0.395 e. The van der Waals surface area contributed by atoms with Crippen LogP contribution in [0.4, 0.5) is 5.69 Å². The van der Waals surface area contributed by atoms with Crippen LogP contribution in [-0.4, -0.2) is 34.1 Å². The predicted octanol–water partition coefficient (Wildman–Crippen LogP) is 1.42. The normalized spacial score (nSPS) is 16.9. The van der Waals surface area contributed by atoms with Crippen LogP contribution in [0.5, 0.6) is 0 Å². The predicted molar refractivity (Wildman–Crippen MR) is 66.7 cm³/mol. The minimum absolute atomic E-state index is 0.0853. The molecular weight excluding hydrogens is 216 g/mol. The van der Waals surface area contributed by atoms with Crippen molar-refractivity contribution in [1.82, 2.24) is 15.1 Å². The maximum atomic E-state index is 12.2. The third-order valence-electron chi connectivity index (χ3n) is 3.67. The zero-order valence-corrected chi connectivity index (χ0v) is 10.7. The van der Waals surface area contributed by atoms with Crippen molar-refractivity contribution in [3.63, 3.8) is 0 Å². The second-order valence-corrected chi connectivity index (χ2v) is 4.81. The van der Waals surface area contributed by atoms with Crippen LogP contribution in [0.15, 0.2) is 0 Å². The average molecular weight is 236 g/mol. The molecule has 1 amide bonds. The Labute approximate surface area is 101 Å². The summed E-state index contributed by atoms with van der Waals surface area (Å²) in [7, 11) is 1.82. The Morgan fingerprint density at radius 3 is 2.76 bits per heavy atom. The number of nitrogens with two attached hydrogens (primary N) is 1. The molecule has 2 rings (SSSR count). The summed E-state index contributed by atoms with van der Waals surface area (Å²) in [5.74, 6) is 0.563. The summed E-state index contributed by atoms with van der Waals surface area (Å²) >= 11 is 0. The number of rotatable bonds is 4. The van der Waals surface area contributed by atoms with Crippen molar-refractivity contribution in [3.05, 3.63) is 11.4 Å². The lowest BCUT2D eigenvalue weighted by molar-refractivity contribution is 0.0722. The third kappa shape index (κ3) is 2.14. The molecule has 1 aromatic rings. The minimum Gasteiger partial charge on any atom is -0.395 e. The van der Waals surface area contributed by atoms with E-state index in [4.69, 9.17) is 5.73 Å². The maximum Gasteiger partial charge on any atom is 0.276 e. The van der Waals surface area contributed by atoms with Crippen molar-refractivity contribution >= 4 is 11.6 Å². The summed E-state index contributed by atoms with van der Waals surface area (Å²) in [6.07, 6.45) is 3.19. The molecule has 1 fully saturated rings. The van der Waals surface area contributed by atoms with Gasteiger partial charge in [0.25, 0.3) is 5.91 Å². The quantitative estimate of drug-likeness (QED) is 0.830. The highest BCUT2D eigenvalue weighted by Gasteiger charge is 2.34. The van der Waals surface area contributed by atoms with Gasteiger partial charge in [0.1, 0.15) is 0 Å². The van der Waals surface area contributed by atoms with Gasteiger partial charge in [-0.05, 0) is 32.1 Å². The van der Waals surface area contributed by atoms with E-state index in [1.54, 1.807) is 4.90 Å². The van der Waals surface area contributed by atoms with Crippen molar-refractivity contribution in [2.45, 2.75) is 39.2 Å². The van der Waals surface area contributed by atoms with Crippen molar-refractivity contribution in [2.75, 3.05) is 12.8 Å². The van der Waals surface area contributed by atoms with E-state index in [0.717, 1.165) is 12.1 Å². The number of aromatic amines is 1. The Bertz CT molecular complexity index is 422. The van der Waals surface area contributed by atoms with Crippen LogP contribution in [0.25, 0.3) is 0 Å². The second-order valence-electron chi connectivity index (χ2n) is 4.81. The van der Waals surface area contributed by atoms with Gasteiger partial charge in [0.15, 0.2) is 5.69 Å². The number of hydrogen-bond acceptors (Lipinski definition) is 3. The fourth-order valence-corrected chi connectivity index (χ4v) is 2.07. The third-order valence-corrected chi connectivity index (χ3v) is 3.67. The fraction of sp³-hybridized carbons (Fsp3) is 0.667. The highest BCUT2D eigenvalue weighted by Crippen LogP contribution is 2.35. The summed E-state index contributed by atoms with van der Waals surface area (Å²) in [6, 6.07) is 0.267. The van der Waals surface area contributed by atoms with E-state index in [1.165, 1.54) is 12.8 Å². The topological polar surface area (TPSA) is 75.0 Å². The van der Waals surface area contributed by atoms with Crippen LogP contribution in [0.2, 0.25) is 0 Å². The summed E-state index contributed by atoms with van der Waals surface area (Å²) in [5.41, 5.74) is 7.59. The first kappa shape index (κ1) is 12.0. The minimum atomic E-state index is -0.0853. The molecule has 17 heavy (non-hydrogen) atoms. The van der Waals surface area contributed by atoms with E-state index in [9.17, 15) is 4.79 Å². The van der Waals surface area contributed by atoms with E-state index in [1.807, 2.05) is 14.0 Å². The Morgan fingerprint density at radius 2 is 2.29 bits per heavy atom. The van der Waals surface area contributed by atoms with Crippen LogP contribution in [0.1, 0.15) is 42.9 Å². The number of aryl methyl sites for hydroxylation is 1. The number of nitrogens with zero attached hydrogens (tertiary/aromatic N) is 2. The number of nitrogen functional groups attached to an aromatic ring is 1. The Hall–Kier alpha value is -1.52. The van der Waals surface area contributed by atoms with Gasteiger partial charge in [-0.15, -0.1) is 0 Å². The molecule has 5 heteroatoms. The Kier molecular flexibility index (Phi) is 3.09. The zero-order valence-electron chi connectivity index (χ0n) is 10.7. The van der Waals surface area contributed by atoms with Gasteiger partial charge >= 0.3 is 0 Å². The number of carbonyl (C=O) groups is 1. The van der Waals surface area contributed by atoms with E-state index >= 15 is 0 Å². The molecule has 94 valence electrons. The van der Waals surface area contributed by atoms with Gasteiger partial charge in [0, 0.05) is 13.1 Å². The number of anilines is 1. The average Bonchev–Trinajstić information content (AvgIpc) is 3.10. The van der Waals surface area contributed by atoms with Gasteiger partial charge < -0.3 is 10.6 Å². The first-order chi connectivity index (χ1) is 8.06. The van der Waals surface area contributed by atoms with Crippen molar-refractivity contribution in [1.29, 1.82) is 0 Å². The van der Waals surface area contributed by atoms with E-state index in [-0.39, 0.29) is 11.9 Å². The molecule has 0 spiro atoms. The molecule has 1 aliphatic carbocycles. The van der Waals surface area contributed by atoms with E-state index in [2.05, 4.69) is 17.1 Å². The van der Waals surface area contributed by atoms with Gasteiger partial charge in [0.05, 0.1) is 11.4 Å². The summed E-state index contributed by atoms with van der Waals surface area (Å²) in [5, 5.41) is 6.85. The van der Waals surface area contributed by atoms with Gasteiger partial charge in [-0.25, -0.2) is 0 Å². The number of carbonyl (C=O) groups excluding carboxylic acids is 1. The number of amides is 1. The summed E-state index contributed by atoms with van der Waals surface area (Å²) in [4.78, 5) is 14.0. The molecule has 1 aliphatic rings. The lowest BCUT2D eigenvalue weighted by atomic mass is 10.1. The van der Waals surface area contributed by atoms with Gasteiger partial charge in [-0.1, -0.05) is 6.92 Å². The van der Waals surface area contributed by atoms with Gasteiger partial charge in [0.2, 0.25) is 0 Å². The molecule has 5 nitrogen and oxygen atoms in total. The van der Waals surface area contributed by atoms with Crippen LogP contribution in [0, 0.1) is 5.92 Å². The monoisotopic (exact) mass is 236 g/mol. The van der Waals surface area contributed by atoms with Gasteiger partial charge in [-0.2, -0.15) is 5.10 Å². The molecule has 3 N–H and O–H groups in total. The van der Waals surface area contributed by atoms with Crippen molar-refractivity contribution in [2.24, 2.45) is 5.92 Å². The molecule has 0 bridgehead atoms. The van der Waals surface area contributed by atoms with E-state index < -0.39 is 0 Å². The molecular formula is C12H20N4O. The van der Waals surface area contributed by atoms with Crippen LogP contribution < -0.4 is 5.73 Å². The number of H-pyrrole nitrogens is 1. The molecule has 0 aromatic carbocycles. The Balaban J connectivity index is 2.15. The number of aromatic nitrogens is 2. The lowest BCUT2D eigenvalue weighted by Crippen LogP contribution is -2.37. The highest BCUT2D eigenvalue weighted by atomic mass is 16.2. The van der Waals surface area contributed by atoms with Crippen molar-refractivity contribution in [3.8, 4) is 0 Å². The highest BCUT2D eigenvalue weighted by molar-refractivity contribution is 5.97. The zero-order chi connectivity index (χ0) is 12.6. The fourth-order valence-electron chi connectivity index (χ4n) is 2.07. The lowest BCUT2D eigenvalue weighted by Gasteiger charge is -2.24. The molecule has 1 saturated carbocycles. The first-order valence-corrected chi connectivity index (χ1v) is 6.16. The molecule has 0 aliphatic heterocycles. The molecule has 0 radical (unpaired) electrons. The Morgan fingerprint density at radius 1 is 1.65 bits per heavy atom. The van der Waals surface area contributed by atoms with Crippen molar-refractivity contribution < 1.29 is 4.79 Å².